The van der Waals surface area contributed by atoms with Gasteiger partial charge in [-0.15, -0.1) is 0 Å². The van der Waals surface area contributed by atoms with Gasteiger partial charge < -0.3 is 10.3 Å². The molecule has 0 saturated carbocycles. The third kappa shape index (κ3) is 4.08. The van der Waals surface area contributed by atoms with Crippen molar-refractivity contribution in [2.75, 3.05) is 6.54 Å². The Balaban J connectivity index is 2.02. The van der Waals surface area contributed by atoms with Crippen LogP contribution in [0.3, 0.4) is 0 Å². The molecule has 0 radical (unpaired) electrons. The number of hydrogen-bond acceptors (Lipinski definition) is 2. The average Bonchev–Trinajstić information content (AvgIpc) is 2.64. The fourth-order valence-electron chi connectivity index (χ4n) is 1.18. The van der Waals surface area contributed by atoms with E-state index in [1.54, 1.807) is 6.20 Å². The molecule has 1 rings (SSSR count). The highest BCUT2D eigenvalue weighted by molar-refractivity contribution is 4.86. The van der Waals surface area contributed by atoms with Gasteiger partial charge >= 0.3 is 0 Å². The number of H-pyrrole nitrogens is 1. The van der Waals surface area contributed by atoms with Crippen LogP contribution >= 0.6 is 0 Å². The Morgan fingerprint density at radius 1 is 1.62 bits per heavy atom. The lowest BCUT2D eigenvalue weighted by Crippen LogP contribution is -2.26. The summed E-state index contributed by atoms with van der Waals surface area (Å²) in [6, 6.07) is 0.636. The minimum Gasteiger partial charge on any atom is -0.349 e. The van der Waals surface area contributed by atoms with Crippen LogP contribution in [0, 0.1) is 0 Å². The maximum absolute atomic E-state index is 4.17. The Kier molecular flexibility index (Phi) is 4.54. The smallest absolute Gasteiger partial charge is 0.106 e. The summed E-state index contributed by atoms with van der Waals surface area (Å²) < 4.78 is 0. The molecule has 0 aliphatic heterocycles. The topological polar surface area (TPSA) is 40.7 Å². The largest absolute Gasteiger partial charge is 0.349 e. The summed E-state index contributed by atoms with van der Waals surface area (Å²) in [6.45, 7) is 5.49. The molecule has 3 heteroatoms. The van der Waals surface area contributed by atoms with Gasteiger partial charge in [-0.1, -0.05) is 6.92 Å². The molecular formula is C10H19N3. The van der Waals surface area contributed by atoms with Crippen molar-refractivity contribution in [2.45, 2.75) is 39.2 Å². The van der Waals surface area contributed by atoms with E-state index in [1.807, 2.05) is 6.20 Å². The van der Waals surface area contributed by atoms with Crippen molar-refractivity contribution in [2.24, 2.45) is 0 Å². The number of aromatic nitrogens is 2. The molecule has 2 N–H and O–H groups in total. The van der Waals surface area contributed by atoms with Gasteiger partial charge in [0.1, 0.15) is 5.82 Å². The van der Waals surface area contributed by atoms with Crippen molar-refractivity contribution >= 4 is 0 Å². The summed E-state index contributed by atoms with van der Waals surface area (Å²) in [4.78, 5) is 7.27. The van der Waals surface area contributed by atoms with Crippen LogP contribution in [0.5, 0.6) is 0 Å². The van der Waals surface area contributed by atoms with Crippen molar-refractivity contribution in [1.29, 1.82) is 0 Å². The fraction of sp³-hybridized carbons (Fsp3) is 0.700. The predicted octanol–water partition coefficient (Wildman–Crippen LogP) is 1.73. The Labute approximate surface area is 80.0 Å². The van der Waals surface area contributed by atoms with Crippen LogP contribution in [-0.2, 0) is 6.42 Å². The van der Waals surface area contributed by atoms with E-state index in [9.17, 15) is 0 Å². The van der Waals surface area contributed by atoms with Gasteiger partial charge in [0.25, 0.3) is 0 Å². The summed E-state index contributed by atoms with van der Waals surface area (Å²) >= 11 is 0. The van der Waals surface area contributed by atoms with E-state index >= 15 is 0 Å². The molecule has 3 nitrogen and oxygen atoms in total. The number of hydrogen-bond donors (Lipinski definition) is 2. The van der Waals surface area contributed by atoms with Gasteiger partial charge in [-0.3, -0.25) is 0 Å². The molecule has 13 heavy (non-hydrogen) atoms. The zero-order valence-corrected chi connectivity index (χ0v) is 8.51. The maximum atomic E-state index is 4.17. The molecule has 74 valence electrons. The van der Waals surface area contributed by atoms with E-state index in [0.29, 0.717) is 6.04 Å². The van der Waals surface area contributed by atoms with Gasteiger partial charge in [0.2, 0.25) is 0 Å². The molecule has 1 aromatic heterocycles. The van der Waals surface area contributed by atoms with Gasteiger partial charge in [-0.25, -0.2) is 4.98 Å². The second kappa shape index (κ2) is 5.75. The van der Waals surface area contributed by atoms with Crippen molar-refractivity contribution in [1.82, 2.24) is 15.3 Å². The number of imidazole rings is 1. The highest BCUT2D eigenvalue weighted by Crippen LogP contribution is 1.94. The first-order valence-corrected chi connectivity index (χ1v) is 5.04. The number of nitrogens with one attached hydrogen (secondary N) is 2. The highest BCUT2D eigenvalue weighted by atomic mass is 14.9. The third-order valence-corrected chi connectivity index (χ3v) is 2.25. The SMILES string of the molecule is CCC(C)NCCCc1ncc[nH]1. The molecule has 0 spiro atoms. The monoisotopic (exact) mass is 181 g/mol. The van der Waals surface area contributed by atoms with E-state index in [0.717, 1.165) is 25.2 Å². The van der Waals surface area contributed by atoms with Gasteiger partial charge in [0.15, 0.2) is 0 Å². The van der Waals surface area contributed by atoms with Crippen LogP contribution in [0.2, 0.25) is 0 Å². The first-order valence-electron chi connectivity index (χ1n) is 5.04. The van der Waals surface area contributed by atoms with Crippen LogP contribution in [0.15, 0.2) is 12.4 Å². The summed E-state index contributed by atoms with van der Waals surface area (Å²) in [5.41, 5.74) is 0. The first kappa shape index (κ1) is 10.3. The van der Waals surface area contributed by atoms with Gasteiger partial charge in [-0.05, 0) is 26.3 Å². The molecule has 1 unspecified atom stereocenters. The van der Waals surface area contributed by atoms with E-state index in [4.69, 9.17) is 0 Å². The molecule has 0 fully saturated rings. The number of nitrogens with zero attached hydrogens (tertiary/aromatic N) is 1. The fourth-order valence-corrected chi connectivity index (χ4v) is 1.18. The molecular weight excluding hydrogens is 162 g/mol. The second-order valence-electron chi connectivity index (χ2n) is 3.40. The van der Waals surface area contributed by atoms with Crippen LogP contribution < -0.4 is 5.32 Å². The molecule has 1 aromatic rings. The van der Waals surface area contributed by atoms with Crippen LogP contribution in [0.25, 0.3) is 0 Å². The van der Waals surface area contributed by atoms with Gasteiger partial charge in [0.05, 0.1) is 0 Å². The molecule has 0 aliphatic rings. The summed E-state index contributed by atoms with van der Waals surface area (Å²) in [5.74, 6) is 1.09. The minimum atomic E-state index is 0.636. The molecule has 0 bridgehead atoms. The lowest BCUT2D eigenvalue weighted by atomic mass is 10.2. The van der Waals surface area contributed by atoms with E-state index in [2.05, 4.69) is 29.1 Å². The lowest BCUT2D eigenvalue weighted by molar-refractivity contribution is 0.522. The number of rotatable bonds is 6. The summed E-state index contributed by atoms with van der Waals surface area (Å²) in [7, 11) is 0. The van der Waals surface area contributed by atoms with Gasteiger partial charge in [0, 0.05) is 24.9 Å². The Bertz CT molecular complexity index is 206. The lowest BCUT2D eigenvalue weighted by Gasteiger charge is -2.09. The third-order valence-electron chi connectivity index (χ3n) is 2.25. The van der Waals surface area contributed by atoms with Crippen LogP contribution in [-0.4, -0.2) is 22.6 Å². The predicted molar refractivity (Wildman–Crippen MR) is 54.7 cm³/mol. The highest BCUT2D eigenvalue weighted by Gasteiger charge is 1.97. The quantitative estimate of drug-likeness (QED) is 0.656. The normalized spacial score (nSPS) is 13.1. The molecule has 0 aliphatic carbocycles. The van der Waals surface area contributed by atoms with E-state index < -0.39 is 0 Å². The molecule has 0 amide bonds. The average molecular weight is 181 g/mol. The van der Waals surface area contributed by atoms with Crippen molar-refractivity contribution in [3.8, 4) is 0 Å². The van der Waals surface area contributed by atoms with Crippen LogP contribution in [0.4, 0.5) is 0 Å². The Morgan fingerprint density at radius 3 is 3.08 bits per heavy atom. The summed E-state index contributed by atoms with van der Waals surface area (Å²) in [6.07, 6.45) is 7.06. The van der Waals surface area contributed by atoms with Crippen LogP contribution in [0.1, 0.15) is 32.5 Å². The van der Waals surface area contributed by atoms with Crippen molar-refractivity contribution in [3.63, 3.8) is 0 Å². The summed E-state index contributed by atoms with van der Waals surface area (Å²) in [5, 5.41) is 3.45. The zero-order valence-electron chi connectivity index (χ0n) is 8.51. The van der Waals surface area contributed by atoms with Crippen molar-refractivity contribution in [3.05, 3.63) is 18.2 Å². The van der Waals surface area contributed by atoms with Gasteiger partial charge in [-0.2, -0.15) is 0 Å². The molecule has 0 aromatic carbocycles. The molecule has 1 atom stereocenters. The molecule has 0 saturated heterocycles. The maximum Gasteiger partial charge on any atom is 0.106 e. The zero-order chi connectivity index (χ0) is 9.52. The Morgan fingerprint density at radius 2 is 2.46 bits per heavy atom. The first-order chi connectivity index (χ1) is 6.33. The standard InChI is InChI=1S/C10H19N3/c1-3-9(2)11-6-4-5-10-12-7-8-13-10/h7-9,11H,3-6H2,1-2H3,(H,12,13). The van der Waals surface area contributed by atoms with E-state index in [1.165, 1.54) is 6.42 Å². The minimum absolute atomic E-state index is 0.636. The Hall–Kier alpha value is -0.830. The van der Waals surface area contributed by atoms with Crippen molar-refractivity contribution < 1.29 is 0 Å². The molecule has 1 heterocycles. The number of aryl methyl sites for hydroxylation is 1. The second-order valence-corrected chi connectivity index (χ2v) is 3.40. The number of aromatic amines is 1. The van der Waals surface area contributed by atoms with E-state index in [-0.39, 0.29) is 0 Å².